The van der Waals surface area contributed by atoms with E-state index < -0.39 is 26.6 Å². The van der Waals surface area contributed by atoms with Gasteiger partial charge in [0.2, 0.25) is 5.91 Å². The Labute approximate surface area is 346 Å². The highest BCUT2D eigenvalue weighted by atomic mass is 31.2. The van der Waals surface area contributed by atoms with E-state index in [1.165, 1.54) is 109 Å². The van der Waals surface area contributed by atoms with Crippen molar-refractivity contribution in [3.05, 3.63) is 48.6 Å². The highest BCUT2D eigenvalue weighted by Gasteiger charge is 2.23. The number of carbonyl (C=O) groups excluding carboxylic acids is 1. The lowest BCUT2D eigenvalue weighted by Gasteiger charge is -2.29. The quantitative estimate of drug-likeness (QED) is 0.0276. The molecule has 0 radical (unpaired) electrons. The van der Waals surface area contributed by atoms with Gasteiger partial charge in [0.25, 0.3) is 7.82 Å². The molecule has 328 valence electrons. The number of unbranched alkanes of at least 4 members (excludes halogenated alkanes) is 22. The molecule has 8 nitrogen and oxygen atoms in total. The number of allylic oxidation sites excluding steroid dienone is 7. The fourth-order valence-electron chi connectivity index (χ4n) is 6.30. The maximum Gasteiger partial charge on any atom is 0.268 e. The van der Waals surface area contributed by atoms with Crippen LogP contribution in [0.15, 0.2) is 48.6 Å². The summed E-state index contributed by atoms with van der Waals surface area (Å²) in [6, 6.07) is -0.913. The lowest BCUT2D eigenvalue weighted by molar-refractivity contribution is -0.870. The largest absolute Gasteiger partial charge is 0.756 e. The van der Waals surface area contributed by atoms with Crippen LogP contribution >= 0.6 is 7.82 Å². The number of aliphatic hydroxyl groups is 1. The predicted octanol–water partition coefficient (Wildman–Crippen LogP) is 12.2. The molecule has 0 heterocycles. The summed E-state index contributed by atoms with van der Waals surface area (Å²) >= 11 is 0. The number of quaternary nitrogens is 1. The molecule has 0 aliphatic carbocycles. The first-order chi connectivity index (χ1) is 27.0. The first-order valence-electron chi connectivity index (χ1n) is 23.0. The number of likely N-dealkylation sites (N-methyl/N-ethyl adjacent to an activating group) is 1. The molecule has 0 saturated heterocycles. The van der Waals surface area contributed by atoms with E-state index >= 15 is 0 Å². The number of rotatable bonds is 41. The van der Waals surface area contributed by atoms with Gasteiger partial charge in [0.05, 0.1) is 39.9 Å². The monoisotopic (exact) mass is 809 g/mol. The normalized spacial score (nSPS) is 14.8. The summed E-state index contributed by atoms with van der Waals surface area (Å²) in [6.45, 7) is 4.60. The second-order valence-corrected chi connectivity index (χ2v) is 18.1. The second kappa shape index (κ2) is 38.9. The van der Waals surface area contributed by atoms with E-state index in [9.17, 15) is 19.4 Å². The van der Waals surface area contributed by atoms with Crippen molar-refractivity contribution in [2.75, 3.05) is 40.9 Å². The molecule has 1 amide bonds. The van der Waals surface area contributed by atoms with Crippen LogP contribution in [0.1, 0.15) is 194 Å². The zero-order valence-electron chi connectivity index (χ0n) is 37.1. The molecule has 3 atom stereocenters. The summed E-state index contributed by atoms with van der Waals surface area (Å²) < 4.78 is 23.2. The Balaban J connectivity index is 4.51. The summed E-state index contributed by atoms with van der Waals surface area (Å²) in [6.07, 6.45) is 48.7. The van der Waals surface area contributed by atoms with Crippen molar-refractivity contribution in [3.63, 3.8) is 0 Å². The number of phosphoric ester groups is 1. The van der Waals surface area contributed by atoms with Gasteiger partial charge in [-0.15, -0.1) is 0 Å². The summed E-state index contributed by atoms with van der Waals surface area (Å²) in [5, 5.41) is 13.8. The molecular weight excluding hydrogens is 719 g/mol. The maximum atomic E-state index is 12.8. The number of hydrogen-bond acceptors (Lipinski definition) is 6. The molecular formula is C47H89N2O6P. The molecule has 0 aliphatic heterocycles. The topological polar surface area (TPSA) is 108 Å². The minimum Gasteiger partial charge on any atom is -0.756 e. The van der Waals surface area contributed by atoms with Crippen LogP contribution < -0.4 is 10.2 Å². The second-order valence-electron chi connectivity index (χ2n) is 16.7. The molecule has 0 saturated carbocycles. The third kappa shape index (κ3) is 40.6. The number of phosphoric acid groups is 1. The molecule has 0 bridgehead atoms. The van der Waals surface area contributed by atoms with Gasteiger partial charge in [-0.2, -0.15) is 0 Å². The SMILES string of the molecule is CCCCCCCCC/C=C\CCCCCCCC(=O)NC(COP(=O)([O-])OCC[N+](C)(C)C)C(O)/C=C/CC/C=C/CC/C=C/CCCCCCCCCC. The van der Waals surface area contributed by atoms with E-state index in [2.05, 4.69) is 55.6 Å². The van der Waals surface area contributed by atoms with Crippen molar-refractivity contribution < 1.29 is 32.9 Å². The average molecular weight is 809 g/mol. The van der Waals surface area contributed by atoms with Crippen molar-refractivity contribution in [2.24, 2.45) is 0 Å². The Hall–Kier alpha value is -1.54. The van der Waals surface area contributed by atoms with Gasteiger partial charge in [0.15, 0.2) is 0 Å². The van der Waals surface area contributed by atoms with Crippen LogP contribution in [-0.2, 0) is 18.4 Å². The molecule has 0 rings (SSSR count). The van der Waals surface area contributed by atoms with Gasteiger partial charge in [-0.25, -0.2) is 0 Å². The van der Waals surface area contributed by atoms with Crippen LogP contribution in [0, 0.1) is 0 Å². The van der Waals surface area contributed by atoms with E-state index in [-0.39, 0.29) is 12.5 Å². The molecule has 56 heavy (non-hydrogen) atoms. The molecule has 0 fully saturated rings. The fraction of sp³-hybridized carbons (Fsp3) is 0.809. The fourth-order valence-corrected chi connectivity index (χ4v) is 7.02. The number of nitrogens with one attached hydrogen (secondary N) is 1. The average Bonchev–Trinajstić information content (AvgIpc) is 3.15. The van der Waals surface area contributed by atoms with Crippen LogP contribution in [0.3, 0.4) is 0 Å². The molecule has 0 aromatic carbocycles. The Morgan fingerprint density at radius 1 is 0.607 bits per heavy atom. The number of nitrogens with zero attached hydrogens (tertiary/aromatic N) is 1. The highest BCUT2D eigenvalue weighted by Crippen LogP contribution is 2.38. The van der Waals surface area contributed by atoms with Gasteiger partial charge in [-0.3, -0.25) is 9.36 Å². The first-order valence-corrected chi connectivity index (χ1v) is 24.5. The van der Waals surface area contributed by atoms with E-state index in [0.29, 0.717) is 17.4 Å². The summed E-state index contributed by atoms with van der Waals surface area (Å²) in [5.74, 6) is -0.221. The zero-order valence-corrected chi connectivity index (χ0v) is 38.0. The van der Waals surface area contributed by atoms with Gasteiger partial charge >= 0.3 is 0 Å². The molecule has 3 unspecified atom stereocenters. The van der Waals surface area contributed by atoms with Crippen LogP contribution in [-0.4, -0.2) is 68.5 Å². The summed E-state index contributed by atoms with van der Waals surface area (Å²) in [7, 11) is 1.23. The lowest BCUT2D eigenvalue weighted by Crippen LogP contribution is -2.45. The van der Waals surface area contributed by atoms with Gasteiger partial charge < -0.3 is 28.8 Å². The third-order valence-corrected chi connectivity index (χ3v) is 11.0. The van der Waals surface area contributed by atoms with Crippen molar-refractivity contribution in [3.8, 4) is 0 Å². The maximum absolute atomic E-state index is 12.8. The first kappa shape index (κ1) is 54.5. The Morgan fingerprint density at radius 3 is 1.45 bits per heavy atom. The third-order valence-electron chi connectivity index (χ3n) is 9.99. The Bertz CT molecular complexity index is 1050. The van der Waals surface area contributed by atoms with Gasteiger partial charge in [0.1, 0.15) is 13.2 Å². The Morgan fingerprint density at radius 2 is 1.00 bits per heavy atom. The van der Waals surface area contributed by atoms with E-state index in [1.807, 2.05) is 27.2 Å². The van der Waals surface area contributed by atoms with Crippen LogP contribution in [0.2, 0.25) is 0 Å². The van der Waals surface area contributed by atoms with E-state index in [1.54, 1.807) is 6.08 Å². The molecule has 0 aromatic rings. The van der Waals surface area contributed by atoms with Crippen molar-refractivity contribution in [1.82, 2.24) is 5.32 Å². The number of carbonyl (C=O) groups is 1. The highest BCUT2D eigenvalue weighted by molar-refractivity contribution is 7.45. The van der Waals surface area contributed by atoms with Crippen LogP contribution in [0.4, 0.5) is 0 Å². The summed E-state index contributed by atoms with van der Waals surface area (Å²) in [4.78, 5) is 25.3. The van der Waals surface area contributed by atoms with E-state index in [4.69, 9.17) is 9.05 Å². The number of hydrogen-bond donors (Lipinski definition) is 2. The number of amides is 1. The van der Waals surface area contributed by atoms with Crippen molar-refractivity contribution in [1.29, 1.82) is 0 Å². The van der Waals surface area contributed by atoms with E-state index in [0.717, 1.165) is 64.2 Å². The van der Waals surface area contributed by atoms with Gasteiger partial charge in [-0.05, 0) is 70.6 Å². The molecule has 2 N–H and O–H groups in total. The zero-order chi connectivity index (χ0) is 41.4. The van der Waals surface area contributed by atoms with Gasteiger partial charge in [0, 0.05) is 6.42 Å². The lowest BCUT2D eigenvalue weighted by atomic mass is 10.1. The predicted molar refractivity (Wildman–Crippen MR) is 238 cm³/mol. The Kier molecular flexibility index (Phi) is 37.9. The van der Waals surface area contributed by atoms with Gasteiger partial charge in [-0.1, -0.05) is 165 Å². The van der Waals surface area contributed by atoms with Crippen LogP contribution in [0.5, 0.6) is 0 Å². The molecule has 0 aliphatic rings. The number of aliphatic hydroxyl groups excluding tert-OH is 1. The van der Waals surface area contributed by atoms with Crippen LogP contribution in [0.25, 0.3) is 0 Å². The van der Waals surface area contributed by atoms with Crippen molar-refractivity contribution in [2.45, 2.75) is 206 Å². The molecule has 9 heteroatoms. The molecule has 0 spiro atoms. The minimum atomic E-state index is -4.60. The summed E-state index contributed by atoms with van der Waals surface area (Å²) in [5.41, 5.74) is 0. The molecule has 0 aromatic heterocycles. The standard InChI is InChI=1S/C47H89N2O6P/c1-6-8-10-12-14-16-18-20-22-24-25-26-28-30-32-34-36-38-40-46(50)45(44-55-56(52,53)54-43-42-49(3,4)5)48-47(51)41-39-37-35-33-31-29-27-23-21-19-17-15-13-11-9-7-2/h23-25,27,30,32,38,40,45-46,50H,6-22,26,28-29,31,33-37,39,41-44H2,1-5H3,(H-,48,51,52,53)/b25-24+,27-23-,32-30+,40-38+. The smallest absolute Gasteiger partial charge is 0.268 e. The van der Waals surface area contributed by atoms with Crippen molar-refractivity contribution >= 4 is 13.7 Å². The minimum absolute atomic E-state index is 0.0115.